The lowest BCUT2D eigenvalue weighted by molar-refractivity contribution is 1.30. The van der Waals surface area contributed by atoms with E-state index in [1.54, 1.807) is 0 Å². The van der Waals surface area contributed by atoms with E-state index in [9.17, 15) is 0 Å². The van der Waals surface area contributed by atoms with Gasteiger partial charge in [0.1, 0.15) is 0 Å². The number of fused-ring (bicyclic) bond motifs is 7. The molecule has 0 saturated carbocycles. The van der Waals surface area contributed by atoms with E-state index in [4.69, 9.17) is 0 Å². The first kappa shape index (κ1) is 32.4. The minimum atomic E-state index is 1.11. The van der Waals surface area contributed by atoms with Gasteiger partial charge in [0, 0.05) is 36.9 Å². The predicted molar refractivity (Wildman–Crippen MR) is 243 cm³/mol. The Balaban J connectivity index is 1.03. The summed E-state index contributed by atoms with van der Waals surface area (Å²) in [6.45, 7) is 0. The Hall–Kier alpha value is -7.00. The number of rotatable bonds is 6. The van der Waals surface area contributed by atoms with Crippen molar-refractivity contribution in [3.8, 4) is 33.4 Å². The van der Waals surface area contributed by atoms with Crippen molar-refractivity contribution in [2.45, 2.75) is 0 Å². The quantitative estimate of drug-likeness (QED) is 0.154. The van der Waals surface area contributed by atoms with Gasteiger partial charge in [0.15, 0.2) is 0 Å². The number of thiophene rings is 1. The molecule has 0 aliphatic carbocycles. The maximum Gasteiger partial charge on any atom is 0.0546 e. The van der Waals surface area contributed by atoms with Crippen LogP contribution in [-0.4, -0.2) is 0 Å². The first-order valence-corrected chi connectivity index (χ1v) is 20.0. The molecule has 0 unspecified atom stereocenters. The van der Waals surface area contributed by atoms with Crippen LogP contribution < -0.4 is 4.90 Å². The van der Waals surface area contributed by atoms with Crippen molar-refractivity contribution in [1.29, 1.82) is 0 Å². The van der Waals surface area contributed by atoms with Crippen LogP contribution in [0.3, 0.4) is 0 Å². The van der Waals surface area contributed by atoms with Crippen LogP contribution in [0, 0.1) is 0 Å². The van der Waals surface area contributed by atoms with Crippen molar-refractivity contribution in [2.75, 3.05) is 4.90 Å². The number of nitrogens with zero attached hydrogens (tertiary/aromatic N) is 1. The van der Waals surface area contributed by atoms with Crippen molar-refractivity contribution in [3.63, 3.8) is 0 Å². The van der Waals surface area contributed by atoms with Gasteiger partial charge in [-0.15, -0.1) is 11.3 Å². The van der Waals surface area contributed by atoms with Crippen molar-refractivity contribution in [1.82, 2.24) is 0 Å². The molecule has 56 heavy (non-hydrogen) atoms. The summed E-state index contributed by atoms with van der Waals surface area (Å²) in [4.78, 5) is 2.42. The molecule has 1 aromatic heterocycles. The fourth-order valence-corrected chi connectivity index (χ4v) is 9.76. The molecule has 2 heteroatoms. The number of hydrogen-bond donors (Lipinski definition) is 0. The van der Waals surface area contributed by atoms with Gasteiger partial charge in [-0.2, -0.15) is 0 Å². The van der Waals surface area contributed by atoms with E-state index in [-0.39, 0.29) is 0 Å². The lowest BCUT2D eigenvalue weighted by atomic mass is 9.97. The molecular weight excluding hydrogens is 695 g/mol. The van der Waals surface area contributed by atoms with E-state index in [0.717, 1.165) is 17.1 Å². The van der Waals surface area contributed by atoms with Crippen molar-refractivity contribution in [3.05, 3.63) is 212 Å². The predicted octanol–water partition coefficient (Wildman–Crippen LogP) is 16.0. The molecule has 1 nitrogen and oxygen atoms in total. The standard InChI is InChI=1S/C54H35NS/c1-2-12-38(13-3-1)47-22-11-23-50-51-34-40(28-33-53(51)56-54(47)50)36-24-29-42(30-25-36)55(52-35-41-15-5-7-18-46(41)48-19-8-9-20-49(48)52)43-31-26-39(27-32-43)45-21-10-16-37-14-4-6-17-44(37)45/h1-35H. The SMILES string of the molecule is c1ccc(-c2cccc3c2sc2ccc(-c4ccc(N(c5ccc(-c6cccc7ccccc67)cc5)c5cc6ccccc6c6ccccc56)cc4)cc23)cc1. The minimum Gasteiger partial charge on any atom is -0.310 e. The van der Waals surface area contributed by atoms with Crippen LogP contribution in [0.2, 0.25) is 0 Å². The summed E-state index contributed by atoms with van der Waals surface area (Å²) in [5, 5.41) is 10.1. The first-order chi connectivity index (χ1) is 27.8. The van der Waals surface area contributed by atoms with Gasteiger partial charge in [0.25, 0.3) is 0 Å². The highest BCUT2D eigenvalue weighted by molar-refractivity contribution is 7.26. The third-order valence-electron chi connectivity index (χ3n) is 11.3. The molecule has 0 radical (unpaired) electrons. The summed E-state index contributed by atoms with van der Waals surface area (Å²) in [6.07, 6.45) is 0. The van der Waals surface area contributed by atoms with Gasteiger partial charge in [-0.3, -0.25) is 0 Å². The van der Waals surface area contributed by atoms with Gasteiger partial charge in [-0.05, 0) is 103 Å². The van der Waals surface area contributed by atoms with Gasteiger partial charge in [-0.1, -0.05) is 170 Å². The Kier molecular flexibility index (Phi) is 7.75. The lowest BCUT2D eigenvalue weighted by Gasteiger charge is -2.28. The average molecular weight is 730 g/mol. The highest BCUT2D eigenvalue weighted by Gasteiger charge is 2.18. The second-order valence-electron chi connectivity index (χ2n) is 14.5. The highest BCUT2D eigenvalue weighted by Crippen LogP contribution is 2.44. The van der Waals surface area contributed by atoms with Gasteiger partial charge >= 0.3 is 0 Å². The largest absolute Gasteiger partial charge is 0.310 e. The minimum absolute atomic E-state index is 1.11. The number of hydrogen-bond acceptors (Lipinski definition) is 2. The number of benzene rings is 10. The molecule has 11 aromatic rings. The van der Waals surface area contributed by atoms with Gasteiger partial charge in [0.2, 0.25) is 0 Å². The summed E-state index contributed by atoms with van der Waals surface area (Å²) >= 11 is 1.88. The van der Waals surface area contributed by atoms with Crippen LogP contribution in [0.15, 0.2) is 212 Å². The molecule has 0 aliphatic rings. The van der Waals surface area contributed by atoms with E-state index in [0.29, 0.717) is 0 Å². The zero-order valence-electron chi connectivity index (χ0n) is 30.6. The summed E-state index contributed by atoms with van der Waals surface area (Å²) in [5.41, 5.74) is 10.8. The molecule has 0 atom stereocenters. The lowest BCUT2D eigenvalue weighted by Crippen LogP contribution is -2.10. The van der Waals surface area contributed by atoms with Crippen LogP contribution in [0.5, 0.6) is 0 Å². The molecular formula is C54H35NS. The number of anilines is 3. The molecule has 0 N–H and O–H groups in total. The summed E-state index contributed by atoms with van der Waals surface area (Å²) in [7, 11) is 0. The third kappa shape index (κ3) is 5.46. The smallest absolute Gasteiger partial charge is 0.0546 e. The Labute approximate surface area is 330 Å². The van der Waals surface area contributed by atoms with E-state index >= 15 is 0 Å². The second-order valence-corrected chi connectivity index (χ2v) is 15.5. The summed E-state index contributed by atoms with van der Waals surface area (Å²) in [6, 6.07) is 77.7. The fourth-order valence-electron chi connectivity index (χ4n) is 8.54. The van der Waals surface area contributed by atoms with Crippen LogP contribution in [0.25, 0.3) is 85.9 Å². The molecule has 0 bridgehead atoms. The molecule has 1 heterocycles. The Morgan fingerprint density at radius 2 is 0.857 bits per heavy atom. The van der Waals surface area contributed by atoms with Crippen molar-refractivity contribution < 1.29 is 0 Å². The maximum absolute atomic E-state index is 2.42. The maximum atomic E-state index is 2.42. The fraction of sp³-hybridized carbons (Fsp3) is 0. The van der Waals surface area contributed by atoms with Gasteiger partial charge in [-0.25, -0.2) is 0 Å². The van der Waals surface area contributed by atoms with Crippen LogP contribution in [0.4, 0.5) is 17.1 Å². The normalized spacial score (nSPS) is 11.6. The summed E-state index contributed by atoms with van der Waals surface area (Å²) in [5.74, 6) is 0. The molecule has 0 spiro atoms. The average Bonchev–Trinajstić information content (AvgIpc) is 3.65. The third-order valence-corrected chi connectivity index (χ3v) is 12.5. The molecule has 0 amide bonds. The molecule has 262 valence electrons. The van der Waals surface area contributed by atoms with E-state index in [1.165, 1.54) is 85.9 Å². The first-order valence-electron chi connectivity index (χ1n) is 19.2. The van der Waals surface area contributed by atoms with Crippen molar-refractivity contribution >= 4 is 80.9 Å². The molecule has 0 saturated heterocycles. The molecule has 11 rings (SSSR count). The van der Waals surface area contributed by atoms with Crippen LogP contribution >= 0.6 is 11.3 Å². The Bertz CT molecular complexity index is 3230. The molecule has 0 fully saturated rings. The van der Waals surface area contributed by atoms with E-state index < -0.39 is 0 Å². The molecule has 0 aliphatic heterocycles. The zero-order valence-corrected chi connectivity index (χ0v) is 31.4. The van der Waals surface area contributed by atoms with Gasteiger partial charge in [0.05, 0.1) is 5.69 Å². The zero-order chi connectivity index (χ0) is 37.0. The van der Waals surface area contributed by atoms with Crippen LogP contribution in [0.1, 0.15) is 0 Å². The van der Waals surface area contributed by atoms with E-state index in [1.807, 2.05) is 11.3 Å². The monoisotopic (exact) mass is 729 g/mol. The topological polar surface area (TPSA) is 3.24 Å². The van der Waals surface area contributed by atoms with Gasteiger partial charge < -0.3 is 4.90 Å². The molecule has 10 aromatic carbocycles. The van der Waals surface area contributed by atoms with Crippen LogP contribution in [-0.2, 0) is 0 Å². The van der Waals surface area contributed by atoms with Crippen molar-refractivity contribution in [2.24, 2.45) is 0 Å². The summed E-state index contributed by atoms with van der Waals surface area (Å²) < 4.78 is 2.65. The Morgan fingerprint density at radius 3 is 1.64 bits per heavy atom. The van der Waals surface area contributed by atoms with E-state index in [2.05, 4.69) is 217 Å². The second kappa shape index (κ2) is 13.4. The Morgan fingerprint density at radius 1 is 0.304 bits per heavy atom. The highest BCUT2D eigenvalue weighted by atomic mass is 32.1.